The molecule has 0 spiro atoms. The number of hydrogen-bond donors (Lipinski definition) is 2. The van der Waals surface area contributed by atoms with E-state index in [2.05, 4.69) is 29.5 Å². The van der Waals surface area contributed by atoms with Crippen molar-refractivity contribution in [2.24, 2.45) is 0 Å². The molecule has 21 heavy (non-hydrogen) atoms. The lowest BCUT2D eigenvalue weighted by atomic mass is 10.2. The number of nitrogens with zero attached hydrogens (tertiary/aromatic N) is 1. The Morgan fingerprint density at radius 2 is 2.10 bits per heavy atom. The van der Waals surface area contributed by atoms with Crippen molar-refractivity contribution in [1.29, 1.82) is 0 Å². The van der Waals surface area contributed by atoms with Gasteiger partial charge in [0.25, 0.3) is 0 Å². The van der Waals surface area contributed by atoms with Crippen molar-refractivity contribution in [2.75, 3.05) is 6.54 Å². The van der Waals surface area contributed by atoms with Crippen LogP contribution in [0.1, 0.15) is 46.1 Å². The Morgan fingerprint density at radius 3 is 2.76 bits per heavy atom. The summed E-state index contributed by atoms with van der Waals surface area (Å²) in [4.78, 5) is 16.0. The van der Waals surface area contributed by atoms with Crippen molar-refractivity contribution >= 4 is 5.91 Å². The quantitative estimate of drug-likeness (QED) is 0.686. The summed E-state index contributed by atoms with van der Waals surface area (Å²) in [5.41, 5.74) is 0.903. The number of pyridine rings is 1. The molecule has 0 saturated heterocycles. The summed E-state index contributed by atoms with van der Waals surface area (Å²) in [6.07, 6.45) is 3.13. The number of amides is 1. The van der Waals surface area contributed by atoms with E-state index in [1.165, 1.54) is 0 Å². The van der Waals surface area contributed by atoms with Crippen LogP contribution >= 0.6 is 0 Å². The average Bonchev–Trinajstić information content (AvgIpc) is 2.42. The molecule has 2 N–H and O–H groups in total. The maximum Gasteiger partial charge on any atom is 0.220 e. The van der Waals surface area contributed by atoms with Gasteiger partial charge in [0.15, 0.2) is 0 Å². The Morgan fingerprint density at radius 1 is 1.33 bits per heavy atom. The van der Waals surface area contributed by atoms with Crippen LogP contribution in [0.2, 0.25) is 0 Å². The van der Waals surface area contributed by atoms with Gasteiger partial charge in [0, 0.05) is 30.8 Å². The molecule has 0 aliphatic rings. The first kappa shape index (κ1) is 17.4. The summed E-state index contributed by atoms with van der Waals surface area (Å²) < 4.78 is 5.63. The third-order valence-corrected chi connectivity index (χ3v) is 2.81. The molecule has 0 bridgehead atoms. The van der Waals surface area contributed by atoms with Gasteiger partial charge in [-0.3, -0.25) is 4.79 Å². The van der Waals surface area contributed by atoms with E-state index in [0.717, 1.165) is 18.5 Å². The molecule has 1 amide bonds. The fourth-order valence-electron chi connectivity index (χ4n) is 1.81. The zero-order valence-electron chi connectivity index (χ0n) is 13.5. The number of hydrogen-bond acceptors (Lipinski definition) is 4. The van der Waals surface area contributed by atoms with Crippen LogP contribution in [0.15, 0.2) is 18.3 Å². The summed E-state index contributed by atoms with van der Waals surface area (Å²) in [5.74, 6) is 0.647. The lowest BCUT2D eigenvalue weighted by Gasteiger charge is -2.13. The number of ether oxygens (including phenoxy) is 1. The van der Waals surface area contributed by atoms with Gasteiger partial charge in [-0.15, -0.1) is 0 Å². The van der Waals surface area contributed by atoms with E-state index in [1.807, 2.05) is 26.0 Å². The van der Waals surface area contributed by atoms with E-state index in [4.69, 9.17) is 4.74 Å². The lowest BCUT2D eigenvalue weighted by Crippen LogP contribution is -2.27. The topological polar surface area (TPSA) is 63.2 Å². The largest absolute Gasteiger partial charge is 0.475 e. The molecule has 0 aliphatic carbocycles. The first-order valence-corrected chi connectivity index (χ1v) is 7.59. The molecule has 0 atom stereocenters. The van der Waals surface area contributed by atoms with Crippen LogP contribution in [0.25, 0.3) is 0 Å². The molecule has 1 rings (SSSR count). The van der Waals surface area contributed by atoms with Gasteiger partial charge in [0.1, 0.15) is 0 Å². The molecule has 1 aromatic rings. The highest BCUT2D eigenvalue weighted by atomic mass is 16.5. The van der Waals surface area contributed by atoms with Crippen molar-refractivity contribution in [1.82, 2.24) is 15.6 Å². The molecule has 0 unspecified atom stereocenters. The summed E-state index contributed by atoms with van der Waals surface area (Å²) >= 11 is 0. The van der Waals surface area contributed by atoms with E-state index in [-0.39, 0.29) is 12.0 Å². The van der Waals surface area contributed by atoms with E-state index >= 15 is 0 Å². The average molecular weight is 293 g/mol. The smallest absolute Gasteiger partial charge is 0.220 e. The van der Waals surface area contributed by atoms with Gasteiger partial charge in [-0.05, 0) is 32.9 Å². The summed E-state index contributed by atoms with van der Waals surface area (Å²) in [6.45, 7) is 9.42. The molecule has 1 heterocycles. The number of aromatic nitrogens is 1. The normalized spacial score (nSPS) is 11.0. The zero-order valence-corrected chi connectivity index (χ0v) is 13.5. The SMILES string of the molecule is CC(C)NCCCC(=O)NCc1cccnc1OC(C)C. The summed E-state index contributed by atoms with van der Waals surface area (Å²) in [6, 6.07) is 4.23. The van der Waals surface area contributed by atoms with Crippen molar-refractivity contribution in [2.45, 2.75) is 59.2 Å². The molecule has 1 aromatic heterocycles. The first-order chi connectivity index (χ1) is 9.99. The van der Waals surface area contributed by atoms with Gasteiger partial charge in [-0.1, -0.05) is 19.9 Å². The highest BCUT2D eigenvalue weighted by Crippen LogP contribution is 2.15. The standard InChI is InChI=1S/C16H27N3O2/c1-12(2)17-9-6-8-15(20)19-11-14-7-5-10-18-16(14)21-13(3)4/h5,7,10,12-13,17H,6,8-9,11H2,1-4H3,(H,19,20). The molecule has 0 aliphatic heterocycles. The van der Waals surface area contributed by atoms with Gasteiger partial charge in [0.05, 0.1) is 6.10 Å². The zero-order chi connectivity index (χ0) is 15.7. The Bertz CT molecular complexity index is 433. The molecule has 0 radical (unpaired) electrons. The summed E-state index contributed by atoms with van der Waals surface area (Å²) in [5, 5.41) is 6.21. The van der Waals surface area contributed by atoms with Gasteiger partial charge < -0.3 is 15.4 Å². The Balaban J connectivity index is 2.35. The Kier molecular flexibility index (Phi) is 7.75. The molecule has 118 valence electrons. The molecule has 0 saturated carbocycles. The number of rotatable bonds is 9. The minimum atomic E-state index is 0.0555. The molecular weight excluding hydrogens is 266 g/mol. The minimum Gasteiger partial charge on any atom is -0.475 e. The van der Waals surface area contributed by atoms with Gasteiger partial charge in [-0.2, -0.15) is 0 Å². The first-order valence-electron chi connectivity index (χ1n) is 7.59. The Labute approximate surface area is 127 Å². The molecular formula is C16H27N3O2. The van der Waals surface area contributed by atoms with Crippen LogP contribution in [-0.2, 0) is 11.3 Å². The maximum atomic E-state index is 11.8. The highest BCUT2D eigenvalue weighted by molar-refractivity contribution is 5.75. The fraction of sp³-hybridized carbons (Fsp3) is 0.625. The van der Waals surface area contributed by atoms with Crippen LogP contribution in [-0.4, -0.2) is 29.6 Å². The monoisotopic (exact) mass is 293 g/mol. The molecule has 5 heteroatoms. The van der Waals surface area contributed by atoms with Crippen LogP contribution in [0.5, 0.6) is 5.88 Å². The second-order valence-electron chi connectivity index (χ2n) is 5.62. The van der Waals surface area contributed by atoms with E-state index in [1.54, 1.807) is 6.20 Å². The van der Waals surface area contributed by atoms with E-state index < -0.39 is 0 Å². The Hall–Kier alpha value is -1.62. The fourth-order valence-corrected chi connectivity index (χ4v) is 1.81. The maximum absolute atomic E-state index is 11.8. The van der Waals surface area contributed by atoms with Crippen molar-refractivity contribution in [3.63, 3.8) is 0 Å². The van der Waals surface area contributed by atoms with Crippen LogP contribution in [0.4, 0.5) is 0 Å². The number of nitrogens with one attached hydrogen (secondary N) is 2. The van der Waals surface area contributed by atoms with Gasteiger partial charge >= 0.3 is 0 Å². The number of carbonyl (C=O) groups is 1. The second kappa shape index (κ2) is 9.34. The summed E-state index contributed by atoms with van der Waals surface area (Å²) in [7, 11) is 0. The molecule has 5 nitrogen and oxygen atoms in total. The number of carbonyl (C=O) groups excluding carboxylic acids is 1. The predicted molar refractivity (Wildman–Crippen MR) is 84.2 cm³/mol. The molecule has 0 aromatic carbocycles. The van der Waals surface area contributed by atoms with Crippen molar-refractivity contribution < 1.29 is 9.53 Å². The lowest BCUT2D eigenvalue weighted by molar-refractivity contribution is -0.121. The minimum absolute atomic E-state index is 0.0555. The third kappa shape index (κ3) is 7.66. The van der Waals surface area contributed by atoms with E-state index in [9.17, 15) is 4.79 Å². The van der Waals surface area contributed by atoms with Crippen molar-refractivity contribution in [3.05, 3.63) is 23.9 Å². The van der Waals surface area contributed by atoms with Crippen LogP contribution < -0.4 is 15.4 Å². The van der Waals surface area contributed by atoms with Gasteiger partial charge in [0.2, 0.25) is 11.8 Å². The highest BCUT2D eigenvalue weighted by Gasteiger charge is 2.08. The predicted octanol–water partition coefficient (Wildman–Crippen LogP) is 2.26. The third-order valence-electron chi connectivity index (χ3n) is 2.81. The molecule has 0 fully saturated rings. The van der Waals surface area contributed by atoms with E-state index in [0.29, 0.717) is 24.9 Å². The van der Waals surface area contributed by atoms with Crippen LogP contribution in [0, 0.1) is 0 Å². The second-order valence-corrected chi connectivity index (χ2v) is 5.62. The van der Waals surface area contributed by atoms with Crippen LogP contribution in [0.3, 0.4) is 0 Å². The van der Waals surface area contributed by atoms with Gasteiger partial charge in [-0.25, -0.2) is 4.98 Å². The van der Waals surface area contributed by atoms with Crippen molar-refractivity contribution in [3.8, 4) is 5.88 Å².